The number of hydrogen-bond donors (Lipinski definition) is 2. The van der Waals surface area contributed by atoms with Crippen LogP contribution in [0.3, 0.4) is 0 Å². The van der Waals surface area contributed by atoms with Crippen LogP contribution in [0.5, 0.6) is 0 Å². The average molecular weight is 450 g/mol. The van der Waals surface area contributed by atoms with Crippen molar-refractivity contribution in [1.82, 2.24) is 15.2 Å². The number of hydrogen-bond acceptors (Lipinski definition) is 4. The molecular formula is C17H15IN4O3. The summed E-state index contributed by atoms with van der Waals surface area (Å²) in [7, 11) is 0. The molecule has 2 aromatic rings. The van der Waals surface area contributed by atoms with E-state index < -0.39 is 23.4 Å². The van der Waals surface area contributed by atoms with Crippen LogP contribution in [0.25, 0.3) is 0 Å². The fourth-order valence-corrected chi connectivity index (χ4v) is 3.13. The summed E-state index contributed by atoms with van der Waals surface area (Å²) in [4.78, 5) is 42.2. The Labute approximate surface area is 157 Å². The van der Waals surface area contributed by atoms with Crippen molar-refractivity contribution in [2.24, 2.45) is 0 Å². The first-order valence-electron chi connectivity index (χ1n) is 7.51. The second-order valence-electron chi connectivity index (χ2n) is 5.72. The van der Waals surface area contributed by atoms with Gasteiger partial charge in [0.15, 0.2) is 5.54 Å². The summed E-state index contributed by atoms with van der Waals surface area (Å²) >= 11 is 2.13. The number of urea groups is 1. The van der Waals surface area contributed by atoms with Crippen molar-refractivity contribution in [2.75, 3.05) is 11.9 Å². The molecule has 128 valence electrons. The number of nitrogens with one attached hydrogen (secondary N) is 2. The van der Waals surface area contributed by atoms with Gasteiger partial charge >= 0.3 is 6.03 Å². The number of aromatic nitrogens is 1. The molecule has 0 bridgehead atoms. The Kier molecular flexibility index (Phi) is 4.71. The minimum absolute atomic E-state index is 0.363. The maximum Gasteiger partial charge on any atom is 0.325 e. The Balaban J connectivity index is 1.74. The van der Waals surface area contributed by atoms with E-state index in [-0.39, 0.29) is 6.54 Å². The molecule has 1 atom stereocenters. The van der Waals surface area contributed by atoms with E-state index in [1.54, 1.807) is 43.5 Å². The number of nitrogens with zero attached hydrogens (tertiary/aromatic N) is 2. The second-order valence-corrected chi connectivity index (χ2v) is 6.97. The van der Waals surface area contributed by atoms with E-state index in [0.717, 1.165) is 8.47 Å². The summed E-state index contributed by atoms with van der Waals surface area (Å²) in [5.41, 5.74) is -0.244. The van der Waals surface area contributed by atoms with Gasteiger partial charge < -0.3 is 10.6 Å². The molecule has 1 unspecified atom stereocenters. The van der Waals surface area contributed by atoms with Crippen LogP contribution in [0.4, 0.5) is 10.5 Å². The molecule has 0 radical (unpaired) electrons. The van der Waals surface area contributed by atoms with Gasteiger partial charge in [-0.15, -0.1) is 0 Å². The van der Waals surface area contributed by atoms with E-state index in [0.29, 0.717) is 11.4 Å². The normalized spacial score (nSPS) is 19.7. The number of halogens is 1. The fourth-order valence-electron chi connectivity index (χ4n) is 2.58. The summed E-state index contributed by atoms with van der Waals surface area (Å²) < 4.78 is 0.966. The van der Waals surface area contributed by atoms with Gasteiger partial charge in [-0.2, -0.15) is 0 Å². The van der Waals surface area contributed by atoms with Crippen LogP contribution in [0, 0.1) is 3.57 Å². The topological polar surface area (TPSA) is 91.4 Å². The van der Waals surface area contributed by atoms with Gasteiger partial charge in [0.2, 0.25) is 5.91 Å². The van der Waals surface area contributed by atoms with Crippen LogP contribution < -0.4 is 10.6 Å². The number of amides is 4. The van der Waals surface area contributed by atoms with Gasteiger partial charge in [-0.05, 0) is 59.8 Å². The molecule has 1 saturated heterocycles. The van der Waals surface area contributed by atoms with E-state index in [9.17, 15) is 14.4 Å². The zero-order valence-corrected chi connectivity index (χ0v) is 15.5. The molecule has 1 aliphatic rings. The highest BCUT2D eigenvalue weighted by atomic mass is 127. The number of carbonyl (C=O) groups excluding carboxylic acids is 3. The number of imide groups is 1. The predicted molar refractivity (Wildman–Crippen MR) is 99.6 cm³/mol. The molecule has 8 heteroatoms. The molecule has 0 saturated carbocycles. The molecule has 25 heavy (non-hydrogen) atoms. The van der Waals surface area contributed by atoms with Crippen LogP contribution in [0.15, 0.2) is 48.7 Å². The molecule has 1 aromatic carbocycles. The highest BCUT2D eigenvalue weighted by molar-refractivity contribution is 14.1. The van der Waals surface area contributed by atoms with Gasteiger partial charge in [0.05, 0.1) is 5.69 Å². The standard InChI is InChI=1S/C17H15IN4O3/c1-17(13-7-2-3-8-19-13)15(24)22(16(25)21-17)10-14(23)20-12-6-4-5-11(18)9-12/h2-9H,10H2,1H3,(H,20,23)(H,21,25). The molecular weight excluding hydrogens is 435 g/mol. The Morgan fingerprint density at radius 2 is 2.08 bits per heavy atom. The quantitative estimate of drug-likeness (QED) is 0.552. The third-order valence-corrected chi connectivity index (χ3v) is 4.53. The third-order valence-electron chi connectivity index (χ3n) is 3.86. The van der Waals surface area contributed by atoms with Crippen LogP contribution in [0.1, 0.15) is 12.6 Å². The fraction of sp³-hybridized carbons (Fsp3) is 0.176. The summed E-state index contributed by atoms with van der Waals surface area (Å²) in [6, 6.07) is 11.7. The largest absolute Gasteiger partial charge is 0.325 e. The lowest BCUT2D eigenvalue weighted by molar-refractivity contribution is -0.133. The lowest BCUT2D eigenvalue weighted by Gasteiger charge is -2.20. The summed E-state index contributed by atoms with van der Waals surface area (Å²) in [6.45, 7) is 1.21. The van der Waals surface area contributed by atoms with Gasteiger partial charge in [-0.25, -0.2) is 4.79 Å². The minimum Gasteiger partial charge on any atom is -0.324 e. The first kappa shape index (κ1) is 17.3. The number of benzene rings is 1. The van der Waals surface area contributed by atoms with Crippen molar-refractivity contribution in [2.45, 2.75) is 12.5 Å². The highest BCUT2D eigenvalue weighted by Gasteiger charge is 2.50. The predicted octanol–water partition coefficient (Wildman–Crippen LogP) is 2.09. The van der Waals surface area contributed by atoms with Gasteiger partial charge in [-0.3, -0.25) is 19.5 Å². The molecule has 1 aliphatic heterocycles. The highest BCUT2D eigenvalue weighted by Crippen LogP contribution is 2.27. The Morgan fingerprint density at radius 3 is 2.76 bits per heavy atom. The van der Waals surface area contributed by atoms with Crippen LogP contribution in [-0.4, -0.2) is 34.3 Å². The van der Waals surface area contributed by atoms with Crippen molar-refractivity contribution >= 4 is 46.1 Å². The number of anilines is 1. The molecule has 0 aliphatic carbocycles. The average Bonchev–Trinajstić information content (AvgIpc) is 2.80. The number of rotatable bonds is 4. The molecule has 1 aromatic heterocycles. The summed E-state index contributed by atoms with van der Waals surface area (Å²) in [5.74, 6) is -0.954. The number of pyridine rings is 1. The minimum atomic E-state index is -1.28. The van der Waals surface area contributed by atoms with Gasteiger partial charge in [0.25, 0.3) is 5.91 Å². The van der Waals surface area contributed by atoms with Crippen LogP contribution >= 0.6 is 22.6 Å². The maximum absolute atomic E-state index is 12.7. The molecule has 0 spiro atoms. The summed E-state index contributed by atoms with van der Waals surface area (Å²) in [6.07, 6.45) is 1.55. The Hall–Kier alpha value is -2.49. The van der Waals surface area contributed by atoms with Gasteiger partial charge in [0.1, 0.15) is 6.54 Å². The lowest BCUT2D eigenvalue weighted by atomic mass is 9.97. The maximum atomic E-state index is 12.7. The summed E-state index contributed by atoms with van der Waals surface area (Å²) in [5, 5.41) is 5.30. The molecule has 4 amide bonds. The smallest absolute Gasteiger partial charge is 0.324 e. The van der Waals surface area contributed by atoms with E-state index in [2.05, 4.69) is 38.2 Å². The molecule has 3 rings (SSSR count). The van der Waals surface area contributed by atoms with Crippen molar-refractivity contribution in [1.29, 1.82) is 0 Å². The van der Waals surface area contributed by atoms with Crippen molar-refractivity contribution in [3.05, 3.63) is 57.9 Å². The first-order valence-corrected chi connectivity index (χ1v) is 8.59. The van der Waals surface area contributed by atoms with Gasteiger partial charge in [-0.1, -0.05) is 12.1 Å². The molecule has 2 N–H and O–H groups in total. The van der Waals surface area contributed by atoms with Crippen molar-refractivity contribution in [3.8, 4) is 0 Å². The second kappa shape index (κ2) is 6.79. The van der Waals surface area contributed by atoms with Gasteiger partial charge in [0, 0.05) is 15.5 Å². The molecule has 2 heterocycles. The first-order chi connectivity index (χ1) is 11.9. The van der Waals surface area contributed by atoms with Crippen molar-refractivity contribution in [3.63, 3.8) is 0 Å². The lowest BCUT2D eigenvalue weighted by Crippen LogP contribution is -2.42. The Bertz CT molecular complexity index is 843. The van der Waals surface area contributed by atoms with E-state index in [1.165, 1.54) is 0 Å². The van der Waals surface area contributed by atoms with E-state index in [4.69, 9.17) is 0 Å². The SMILES string of the molecule is CC1(c2ccccn2)NC(=O)N(CC(=O)Nc2cccc(I)c2)C1=O. The van der Waals surface area contributed by atoms with Crippen LogP contribution in [-0.2, 0) is 15.1 Å². The monoisotopic (exact) mass is 450 g/mol. The Morgan fingerprint density at radius 1 is 1.28 bits per heavy atom. The zero-order valence-electron chi connectivity index (χ0n) is 13.3. The van der Waals surface area contributed by atoms with Crippen LogP contribution in [0.2, 0.25) is 0 Å². The third kappa shape index (κ3) is 3.48. The molecule has 7 nitrogen and oxygen atoms in total. The van der Waals surface area contributed by atoms with E-state index in [1.807, 2.05) is 12.1 Å². The zero-order chi connectivity index (χ0) is 18.0. The number of carbonyl (C=O) groups is 3. The molecule has 1 fully saturated rings. The van der Waals surface area contributed by atoms with Crippen molar-refractivity contribution < 1.29 is 14.4 Å². The van der Waals surface area contributed by atoms with E-state index >= 15 is 0 Å².